The van der Waals surface area contributed by atoms with Crippen LogP contribution in [-0.2, 0) is 4.79 Å². The molecule has 0 saturated carbocycles. The molecule has 0 aromatic carbocycles. The van der Waals surface area contributed by atoms with Crippen LogP contribution in [0, 0.1) is 5.41 Å². The number of nitrogens with one attached hydrogen (secondary N) is 1. The molecule has 1 aromatic heterocycles. The molecule has 16 heavy (non-hydrogen) atoms. The third kappa shape index (κ3) is 2.85. The highest BCUT2D eigenvalue weighted by Gasteiger charge is 2.25. The Bertz CT molecular complexity index is 377. The summed E-state index contributed by atoms with van der Waals surface area (Å²) in [6.45, 7) is 3.96. The van der Waals surface area contributed by atoms with Crippen LogP contribution in [0.2, 0.25) is 0 Å². The van der Waals surface area contributed by atoms with E-state index in [1.165, 1.54) is 0 Å². The minimum absolute atomic E-state index is 0.352. The van der Waals surface area contributed by atoms with Crippen LogP contribution in [0.15, 0.2) is 18.3 Å². The summed E-state index contributed by atoms with van der Waals surface area (Å²) < 4.78 is 5.13. The molecule has 0 bridgehead atoms. The average molecular weight is 223 g/mol. The summed E-state index contributed by atoms with van der Waals surface area (Å²) in [6.07, 6.45) is 1.65. The molecule has 88 valence electrons. The molecule has 0 aliphatic heterocycles. The lowest BCUT2D eigenvalue weighted by Crippen LogP contribution is -2.37. The minimum atomic E-state index is -0.622. The van der Waals surface area contributed by atoms with Crippen LogP contribution in [0.1, 0.15) is 13.8 Å². The van der Waals surface area contributed by atoms with Crippen molar-refractivity contribution in [3.05, 3.63) is 18.3 Å². The van der Waals surface area contributed by atoms with E-state index in [1.807, 2.05) is 0 Å². The Hall–Kier alpha value is -1.78. The normalized spacial score (nSPS) is 10.9. The Kier molecular flexibility index (Phi) is 3.71. The van der Waals surface area contributed by atoms with E-state index >= 15 is 0 Å². The quantitative estimate of drug-likeness (QED) is 0.781. The molecule has 0 spiro atoms. The number of nitrogens with two attached hydrogens (primary N) is 1. The molecule has 1 rings (SSSR count). The third-order valence-corrected chi connectivity index (χ3v) is 2.36. The van der Waals surface area contributed by atoms with Crippen LogP contribution in [0.3, 0.4) is 0 Å². The smallest absolute Gasteiger partial charge is 0.224 e. The van der Waals surface area contributed by atoms with Crippen molar-refractivity contribution in [1.29, 1.82) is 0 Å². The Balaban J connectivity index is 2.71. The predicted octanol–water partition coefficient (Wildman–Crippen LogP) is 1.01. The zero-order valence-electron chi connectivity index (χ0n) is 9.78. The molecule has 0 fully saturated rings. The first-order chi connectivity index (χ1) is 7.47. The van der Waals surface area contributed by atoms with Crippen molar-refractivity contribution in [2.24, 2.45) is 11.1 Å². The van der Waals surface area contributed by atoms with Gasteiger partial charge in [-0.25, -0.2) is 4.98 Å². The maximum atomic E-state index is 11.1. The van der Waals surface area contributed by atoms with Crippen LogP contribution in [0.5, 0.6) is 5.75 Å². The fourth-order valence-corrected chi connectivity index (χ4v) is 1.08. The number of carbonyl (C=O) groups is 1. The zero-order valence-corrected chi connectivity index (χ0v) is 9.78. The van der Waals surface area contributed by atoms with Gasteiger partial charge >= 0.3 is 0 Å². The van der Waals surface area contributed by atoms with E-state index in [4.69, 9.17) is 10.5 Å². The Morgan fingerprint density at radius 2 is 2.31 bits per heavy atom. The van der Waals surface area contributed by atoms with Crippen molar-refractivity contribution < 1.29 is 9.53 Å². The van der Waals surface area contributed by atoms with Gasteiger partial charge in [-0.2, -0.15) is 0 Å². The van der Waals surface area contributed by atoms with Crippen molar-refractivity contribution in [3.63, 3.8) is 0 Å². The van der Waals surface area contributed by atoms with E-state index in [0.29, 0.717) is 18.1 Å². The zero-order chi connectivity index (χ0) is 12.2. The minimum Gasteiger partial charge on any atom is -0.493 e. The van der Waals surface area contributed by atoms with E-state index in [0.717, 1.165) is 0 Å². The molecule has 5 heteroatoms. The summed E-state index contributed by atoms with van der Waals surface area (Å²) in [7, 11) is 1.57. The monoisotopic (exact) mass is 223 g/mol. The van der Waals surface area contributed by atoms with E-state index < -0.39 is 5.41 Å². The summed E-state index contributed by atoms with van der Waals surface area (Å²) in [4.78, 5) is 15.3. The molecule has 1 heterocycles. The van der Waals surface area contributed by atoms with Crippen LogP contribution >= 0.6 is 0 Å². The van der Waals surface area contributed by atoms with Gasteiger partial charge < -0.3 is 15.8 Å². The summed E-state index contributed by atoms with van der Waals surface area (Å²) in [5.41, 5.74) is 4.65. The summed E-state index contributed by atoms with van der Waals surface area (Å²) in [6, 6.07) is 3.58. The van der Waals surface area contributed by atoms with Crippen LogP contribution in [0.4, 0.5) is 5.82 Å². The number of hydrogen-bond donors (Lipinski definition) is 2. The topological polar surface area (TPSA) is 77.2 Å². The molecule has 3 N–H and O–H groups in total. The van der Waals surface area contributed by atoms with Crippen molar-refractivity contribution in [1.82, 2.24) is 4.98 Å². The molecule has 1 amide bonds. The number of anilines is 1. The van der Waals surface area contributed by atoms with Gasteiger partial charge in [-0.3, -0.25) is 4.79 Å². The molecule has 0 saturated heterocycles. The molecule has 0 unspecified atom stereocenters. The second kappa shape index (κ2) is 4.83. The fourth-order valence-electron chi connectivity index (χ4n) is 1.08. The van der Waals surface area contributed by atoms with E-state index in [-0.39, 0.29) is 5.91 Å². The van der Waals surface area contributed by atoms with Crippen molar-refractivity contribution in [2.75, 3.05) is 19.0 Å². The molecule has 1 aromatic rings. The molecular formula is C11H17N3O2. The molecule has 0 radical (unpaired) electrons. The van der Waals surface area contributed by atoms with Gasteiger partial charge in [0.15, 0.2) is 11.6 Å². The second-order valence-electron chi connectivity index (χ2n) is 4.16. The molecular weight excluding hydrogens is 206 g/mol. The number of hydrogen-bond acceptors (Lipinski definition) is 4. The number of methoxy groups -OCH3 is 1. The standard InChI is InChI=1S/C11H17N3O2/c1-11(2,10(12)15)7-14-9-8(16-3)5-4-6-13-9/h4-6H,7H2,1-3H3,(H2,12,15)(H,13,14). The van der Waals surface area contributed by atoms with E-state index in [9.17, 15) is 4.79 Å². The second-order valence-corrected chi connectivity index (χ2v) is 4.16. The number of nitrogens with zero attached hydrogens (tertiary/aromatic N) is 1. The maximum Gasteiger partial charge on any atom is 0.224 e. The van der Waals surface area contributed by atoms with Crippen LogP contribution < -0.4 is 15.8 Å². The lowest BCUT2D eigenvalue weighted by molar-refractivity contribution is -0.125. The van der Waals surface area contributed by atoms with Crippen LogP contribution in [-0.4, -0.2) is 24.5 Å². The summed E-state index contributed by atoms with van der Waals surface area (Å²) in [5, 5.41) is 3.05. The Morgan fingerprint density at radius 3 is 2.88 bits per heavy atom. The number of ether oxygens (including phenoxy) is 1. The number of rotatable bonds is 5. The van der Waals surface area contributed by atoms with E-state index in [2.05, 4.69) is 10.3 Å². The first kappa shape index (κ1) is 12.3. The lowest BCUT2D eigenvalue weighted by atomic mass is 9.93. The van der Waals surface area contributed by atoms with Gasteiger partial charge in [0.05, 0.1) is 12.5 Å². The van der Waals surface area contributed by atoms with Gasteiger partial charge in [0, 0.05) is 12.7 Å². The van der Waals surface area contributed by atoms with Gasteiger partial charge in [-0.05, 0) is 26.0 Å². The Labute approximate surface area is 95.0 Å². The Morgan fingerprint density at radius 1 is 1.62 bits per heavy atom. The number of primary amides is 1. The molecule has 5 nitrogen and oxygen atoms in total. The van der Waals surface area contributed by atoms with Crippen molar-refractivity contribution >= 4 is 11.7 Å². The van der Waals surface area contributed by atoms with Crippen molar-refractivity contribution in [2.45, 2.75) is 13.8 Å². The fraction of sp³-hybridized carbons (Fsp3) is 0.455. The predicted molar refractivity (Wildman–Crippen MR) is 62.3 cm³/mol. The van der Waals surface area contributed by atoms with Crippen molar-refractivity contribution in [3.8, 4) is 5.75 Å². The number of pyridine rings is 1. The summed E-state index contributed by atoms with van der Waals surface area (Å²) in [5.74, 6) is 0.900. The van der Waals surface area contributed by atoms with Gasteiger partial charge in [-0.15, -0.1) is 0 Å². The number of carbonyl (C=O) groups excluding carboxylic acids is 1. The first-order valence-electron chi connectivity index (χ1n) is 5.00. The highest BCUT2D eigenvalue weighted by molar-refractivity contribution is 5.80. The third-order valence-electron chi connectivity index (χ3n) is 2.36. The van der Waals surface area contributed by atoms with E-state index in [1.54, 1.807) is 39.3 Å². The highest BCUT2D eigenvalue weighted by Crippen LogP contribution is 2.22. The van der Waals surface area contributed by atoms with Crippen LogP contribution in [0.25, 0.3) is 0 Å². The SMILES string of the molecule is COc1cccnc1NCC(C)(C)C(N)=O. The largest absolute Gasteiger partial charge is 0.493 e. The first-order valence-corrected chi connectivity index (χ1v) is 5.00. The molecule has 0 atom stereocenters. The molecule has 0 aliphatic carbocycles. The lowest BCUT2D eigenvalue weighted by Gasteiger charge is -2.21. The number of aromatic nitrogens is 1. The van der Waals surface area contributed by atoms with Gasteiger partial charge in [-0.1, -0.05) is 0 Å². The summed E-state index contributed by atoms with van der Waals surface area (Å²) >= 11 is 0. The van der Waals surface area contributed by atoms with Gasteiger partial charge in [0.25, 0.3) is 0 Å². The van der Waals surface area contributed by atoms with Gasteiger partial charge in [0.1, 0.15) is 0 Å². The maximum absolute atomic E-state index is 11.1. The molecule has 0 aliphatic rings. The highest BCUT2D eigenvalue weighted by atomic mass is 16.5. The number of amides is 1. The average Bonchev–Trinajstić information content (AvgIpc) is 2.26. The van der Waals surface area contributed by atoms with Gasteiger partial charge in [0.2, 0.25) is 5.91 Å².